The molecule has 0 radical (unpaired) electrons. The van der Waals surface area contributed by atoms with Crippen LogP contribution in [0, 0.1) is 6.92 Å². The van der Waals surface area contributed by atoms with Crippen LogP contribution in [0.4, 0.5) is 0 Å². The summed E-state index contributed by atoms with van der Waals surface area (Å²) in [5, 5.41) is 0. The smallest absolute Gasteiger partial charge is 0.360 e. The summed E-state index contributed by atoms with van der Waals surface area (Å²) in [5.41, 5.74) is 4.74. The molecule has 0 aliphatic carbocycles. The van der Waals surface area contributed by atoms with E-state index < -0.39 is 0 Å². The van der Waals surface area contributed by atoms with Gasteiger partial charge in [-0.15, -0.1) is 6.54 Å². The van der Waals surface area contributed by atoms with Crippen molar-refractivity contribution in [2.75, 3.05) is 6.54 Å². The molecule has 0 unspecified atom stereocenters. The molecule has 20 valence electrons. The maximum absolute atomic E-state index is 4.74. The molecule has 0 atom stereocenters. The van der Waals surface area contributed by atoms with Crippen LogP contribution < -0.4 is 57.1 Å². The van der Waals surface area contributed by atoms with Crippen LogP contribution in [-0.4, -0.2) is 6.54 Å². The van der Waals surface area contributed by atoms with E-state index in [4.69, 9.17) is 5.73 Å². The van der Waals surface area contributed by atoms with Gasteiger partial charge in [0, 0.05) is 0 Å². The molecule has 2 N–H and O–H groups in total. The van der Waals surface area contributed by atoms with Crippen molar-refractivity contribution in [1.82, 2.24) is 0 Å². The van der Waals surface area contributed by atoms with Crippen LogP contribution in [0.1, 0.15) is 0 Å². The van der Waals surface area contributed by atoms with E-state index in [1.165, 1.54) is 0 Å². The molecule has 0 heterocycles. The van der Waals surface area contributed by atoms with E-state index in [0.717, 1.165) is 0 Å². The Bertz CT molecular complexity index is 6.00. The molecule has 0 aromatic carbocycles. The summed E-state index contributed by atoms with van der Waals surface area (Å²) < 4.78 is 0. The summed E-state index contributed by atoms with van der Waals surface area (Å²) >= 11 is 0. The van der Waals surface area contributed by atoms with E-state index in [1.807, 2.05) is 0 Å². The second-order valence-corrected chi connectivity index (χ2v) is 0.289. The largest absolute Gasteiger partial charge is 1.00 e. The monoisotopic (exact) mass is 83.0 g/mol. The molecule has 0 aromatic rings. The Morgan fingerprint density at radius 1 is 1.75 bits per heavy atom. The minimum atomic E-state index is 0. The molecular weight excluding hydrogens is 77.1 g/mol. The number of hydrogen-bond acceptors (Lipinski definition) is 1. The number of hydrogen-bond donors (Lipinski definition) is 1. The molecule has 0 bridgehead atoms. The van der Waals surface area contributed by atoms with E-state index in [-0.39, 0.29) is 51.4 Å². The normalized spacial score (nSPS) is 4.50. The molecule has 0 aromatic heterocycles. The third kappa shape index (κ3) is 9.51. The van der Waals surface area contributed by atoms with Crippen LogP contribution in [0.25, 0.3) is 0 Å². The van der Waals surface area contributed by atoms with Gasteiger partial charge in [0.1, 0.15) is 0 Å². The average molecular weight is 83.2 g/mol. The van der Waals surface area contributed by atoms with Crippen molar-refractivity contribution in [3.8, 4) is 0 Å². The van der Waals surface area contributed by atoms with E-state index in [2.05, 4.69) is 6.92 Å². The number of rotatable bonds is 0. The maximum Gasteiger partial charge on any atom is 1.00 e. The van der Waals surface area contributed by atoms with Crippen LogP contribution in [0.3, 0.4) is 0 Å². The molecule has 2 heteroatoms. The van der Waals surface area contributed by atoms with Crippen LogP contribution >= 0.6 is 0 Å². The quantitative estimate of drug-likeness (QED) is 0.242. The molecule has 4 heavy (non-hydrogen) atoms. The summed E-state index contributed by atoms with van der Waals surface area (Å²) in [6.07, 6.45) is 0. The van der Waals surface area contributed by atoms with Crippen molar-refractivity contribution in [2.24, 2.45) is 5.73 Å². The Morgan fingerprint density at radius 3 is 1.75 bits per heavy atom. The van der Waals surface area contributed by atoms with Crippen LogP contribution in [0.5, 0.6) is 0 Å². The van der Waals surface area contributed by atoms with Gasteiger partial charge in [-0.25, -0.2) is 0 Å². The maximum atomic E-state index is 4.74. The first-order chi connectivity index (χ1) is 1.41. The topological polar surface area (TPSA) is 26.0 Å². The van der Waals surface area contributed by atoms with Gasteiger partial charge in [0.2, 0.25) is 0 Å². The molecule has 0 saturated heterocycles. The molecular formula is C2H6KN. The molecule has 0 aliphatic heterocycles. The second-order valence-electron chi connectivity index (χ2n) is 0.289. The zero-order valence-electron chi connectivity index (χ0n) is 2.99. The standard InChI is InChI=1S/C2H6N.K/c1-2-3;/h1-3H2;/q-1;+1. The summed E-state index contributed by atoms with van der Waals surface area (Å²) in [5.74, 6) is 0. The van der Waals surface area contributed by atoms with Gasteiger partial charge in [-0.2, -0.15) is 0 Å². The van der Waals surface area contributed by atoms with E-state index in [1.54, 1.807) is 0 Å². The van der Waals surface area contributed by atoms with Gasteiger partial charge in [0.25, 0.3) is 0 Å². The molecule has 0 aliphatic rings. The number of nitrogens with two attached hydrogens (primary N) is 1. The zero-order valence-corrected chi connectivity index (χ0v) is 6.11. The predicted molar refractivity (Wildman–Crippen MR) is 14.4 cm³/mol. The zero-order chi connectivity index (χ0) is 2.71. The van der Waals surface area contributed by atoms with Crippen molar-refractivity contribution < 1.29 is 51.4 Å². The minimum Gasteiger partial charge on any atom is -0.360 e. The predicted octanol–water partition coefficient (Wildman–Crippen LogP) is -3.22. The molecule has 0 saturated carbocycles. The minimum absolute atomic E-state index is 0. The third-order valence-corrected chi connectivity index (χ3v) is 0. The van der Waals surface area contributed by atoms with E-state index >= 15 is 0 Å². The summed E-state index contributed by atoms with van der Waals surface area (Å²) in [4.78, 5) is 0. The van der Waals surface area contributed by atoms with Crippen molar-refractivity contribution in [3.05, 3.63) is 6.92 Å². The van der Waals surface area contributed by atoms with Gasteiger partial charge in [-0.05, 0) is 0 Å². The van der Waals surface area contributed by atoms with Gasteiger partial charge < -0.3 is 12.7 Å². The summed E-state index contributed by atoms with van der Waals surface area (Å²) in [6.45, 7) is 3.76. The SMILES string of the molecule is [CH2-]CN.[K+]. The van der Waals surface area contributed by atoms with Gasteiger partial charge in [-0.1, -0.05) is 0 Å². The Kier molecular flexibility index (Phi) is 20.2. The Morgan fingerprint density at radius 2 is 1.75 bits per heavy atom. The summed E-state index contributed by atoms with van der Waals surface area (Å²) in [7, 11) is 0. The van der Waals surface area contributed by atoms with Crippen LogP contribution in [0.2, 0.25) is 0 Å². The fraction of sp³-hybridized carbons (Fsp3) is 0.500. The fourth-order valence-corrected chi connectivity index (χ4v) is 0. The average Bonchev–Trinajstić information content (AvgIpc) is 0.918. The van der Waals surface area contributed by atoms with E-state index in [9.17, 15) is 0 Å². The van der Waals surface area contributed by atoms with Crippen LogP contribution in [-0.2, 0) is 0 Å². The Balaban J connectivity index is 0. The Hall–Kier alpha value is 1.60. The molecule has 0 fully saturated rings. The molecule has 1 nitrogen and oxygen atoms in total. The van der Waals surface area contributed by atoms with Crippen molar-refractivity contribution in [3.63, 3.8) is 0 Å². The Labute approximate surface area is 69.4 Å². The molecule has 0 spiro atoms. The second kappa shape index (κ2) is 8.82. The van der Waals surface area contributed by atoms with Gasteiger partial charge in [0.05, 0.1) is 0 Å². The van der Waals surface area contributed by atoms with Gasteiger partial charge in [0.15, 0.2) is 0 Å². The first-order valence-corrected chi connectivity index (χ1v) is 0.908. The van der Waals surface area contributed by atoms with Crippen LogP contribution in [0.15, 0.2) is 0 Å². The van der Waals surface area contributed by atoms with Crippen molar-refractivity contribution in [1.29, 1.82) is 0 Å². The first-order valence-electron chi connectivity index (χ1n) is 0.908. The van der Waals surface area contributed by atoms with Gasteiger partial charge >= 0.3 is 51.4 Å². The van der Waals surface area contributed by atoms with Crippen molar-refractivity contribution >= 4 is 0 Å². The van der Waals surface area contributed by atoms with Gasteiger partial charge in [-0.3, -0.25) is 0 Å². The fourth-order valence-electron chi connectivity index (χ4n) is 0. The molecule has 0 amide bonds. The summed E-state index contributed by atoms with van der Waals surface area (Å²) in [6, 6.07) is 0. The molecule has 0 rings (SSSR count). The van der Waals surface area contributed by atoms with E-state index in [0.29, 0.717) is 6.54 Å². The van der Waals surface area contributed by atoms with Crippen molar-refractivity contribution in [2.45, 2.75) is 0 Å². The first kappa shape index (κ1) is 9.14. The third-order valence-electron chi connectivity index (χ3n) is 0.